The van der Waals surface area contributed by atoms with Crippen LogP contribution < -0.4 is 10.5 Å². The molecule has 0 aliphatic rings. The number of pyridine rings is 2. The van der Waals surface area contributed by atoms with Gasteiger partial charge < -0.3 is 15.0 Å². The summed E-state index contributed by atoms with van der Waals surface area (Å²) in [6.07, 6.45) is 3.39. The molecule has 0 bridgehead atoms. The molecule has 0 aliphatic heterocycles. The van der Waals surface area contributed by atoms with Crippen LogP contribution in [0.4, 0.5) is 15.8 Å². The van der Waals surface area contributed by atoms with E-state index < -0.39 is 32.0 Å². The number of anilines is 2. The van der Waals surface area contributed by atoms with Gasteiger partial charge in [0.15, 0.2) is 10.6 Å². The third-order valence-corrected chi connectivity index (χ3v) is 8.48. The smallest absolute Gasteiger partial charge is 0.271 e. The molecule has 2 aromatic heterocycles. The molecule has 0 amide bonds. The van der Waals surface area contributed by atoms with Crippen molar-refractivity contribution in [1.29, 1.82) is 0 Å². The van der Waals surface area contributed by atoms with Crippen LogP contribution in [-0.2, 0) is 16.3 Å². The summed E-state index contributed by atoms with van der Waals surface area (Å²) in [5.74, 6) is -1.20. The van der Waals surface area contributed by atoms with E-state index in [1.165, 1.54) is 30.5 Å². The number of aromatic amines is 1. The Labute approximate surface area is 221 Å². The van der Waals surface area contributed by atoms with Crippen LogP contribution in [0.15, 0.2) is 75.4 Å². The van der Waals surface area contributed by atoms with Crippen LogP contribution in [0.25, 0.3) is 11.1 Å². The first-order valence-corrected chi connectivity index (χ1v) is 13.8. The molecule has 0 aliphatic carbocycles. The first-order valence-electron chi connectivity index (χ1n) is 12.3. The van der Waals surface area contributed by atoms with Crippen molar-refractivity contribution in [3.8, 4) is 16.9 Å². The molecule has 7 nitrogen and oxygen atoms in total. The van der Waals surface area contributed by atoms with Gasteiger partial charge in [0.1, 0.15) is 5.69 Å². The standard InChI is InChI=1S/C29H30FN3O4S/c1-5-6-10-23-25(33(4)24-11-8-7-9-18(24)2)26(34)27(29(35)32-23)38(36,37)21-14-12-20(13-15-21)22-16-17-31-28(30)19(22)3/h7-9,11-17H,5-6,10H2,1-4H3,(H2,32,34,35). The number of hydrogen-bond donors (Lipinski definition) is 2. The van der Waals surface area contributed by atoms with E-state index in [1.54, 1.807) is 24.9 Å². The predicted molar refractivity (Wildman–Crippen MR) is 146 cm³/mol. The Hall–Kier alpha value is -3.98. The lowest BCUT2D eigenvalue weighted by Gasteiger charge is -2.26. The zero-order valence-corrected chi connectivity index (χ0v) is 22.6. The zero-order chi connectivity index (χ0) is 27.6. The summed E-state index contributed by atoms with van der Waals surface area (Å²) in [6.45, 7) is 5.51. The number of nitrogens with zero attached hydrogens (tertiary/aromatic N) is 2. The maximum absolute atomic E-state index is 13.9. The van der Waals surface area contributed by atoms with Crippen LogP contribution >= 0.6 is 0 Å². The van der Waals surface area contributed by atoms with Gasteiger partial charge in [0.25, 0.3) is 5.56 Å². The number of aromatic nitrogens is 2. The van der Waals surface area contributed by atoms with Gasteiger partial charge in [0.2, 0.25) is 15.8 Å². The number of para-hydroxylation sites is 1. The summed E-state index contributed by atoms with van der Waals surface area (Å²) in [4.78, 5) is 20.3. The molecule has 4 rings (SSSR count). The van der Waals surface area contributed by atoms with Gasteiger partial charge in [-0.05, 0) is 67.6 Å². The highest BCUT2D eigenvalue weighted by molar-refractivity contribution is 7.91. The number of aryl methyl sites for hydroxylation is 2. The number of H-pyrrole nitrogens is 1. The number of rotatable bonds is 8. The second-order valence-corrected chi connectivity index (χ2v) is 11.1. The van der Waals surface area contributed by atoms with Crippen LogP contribution in [0.3, 0.4) is 0 Å². The first-order chi connectivity index (χ1) is 18.1. The number of aromatic hydroxyl groups is 1. The summed E-state index contributed by atoms with van der Waals surface area (Å²) < 4.78 is 41.3. The molecule has 0 radical (unpaired) electrons. The molecule has 0 unspecified atom stereocenters. The molecule has 2 heterocycles. The summed E-state index contributed by atoms with van der Waals surface area (Å²) >= 11 is 0. The van der Waals surface area contributed by atoms with Crippen molar-refractivity contribution in [2.75, 3.05) is 11.9 Å². The largest absolute Gasteiger partial charge is 0.504 e. The predicted octanol–water partition coefficient (Wildman–Crippen LogP) is 5.84. The van der Waals surface area contributed by atoms with Gasteiger partial charge in [0.05, 0.1) is 4.90 Å². The molecule has 0 saturated heterocycles. The third kappa shape index (κ3) is 4.93. The lowest BCUT2D eigenvalue weighted by molar-refractivity contribution is 0.455. The van der Waals surface area contributed by atoms with E-state index in [2.05, 4.69) is 9.97 Å². The van der Waals surface area contributed by atoms with Crippen LogP contribution in [-0.4, -0.2) is 30.5 Å². The van der Waals surface area contributed by atoms with Crippen molar-refractivity contribution < 1.29 is 17.9 Å². The number of benzene rings is 2. The molecule has 0 spiro atoms. The van der Waals surface area contributed by atoms with Gasteiger partial charge in [-0.15, -0.1) is 0 Å². The molecular weight excluding hydrogens is 505 g/mol. The van der Waals surface area contributed by atoms with E-state index in [1.807, 2.05) is 38.1 Å². The number of halogens is 1. The molecule has 9 heteroatoms. The lowest BCUT2D eigenvalue weighted by atomic mass is 10.0. The normalized spacial score (nSPS) is 11.5. The van der Waals surface area contributed by atoms with Crippen molar-refractivity contribution in [3.63, 3.8) is 0 Å². The molecule has 38 heavy (non-hydrogen) atoms. The van der Waals surface area contributed by atoms with Gasteiger partial charge in [-0.1, -0.05) is 43.7 Å². The number of nitrogens with one attached hydrogen (secondary N) is 1. The fraction of sp³-hybridized carbons (Fsp3) is 0.241. The monoisotopic (exact) mass is 535 g/mol. The number of sulfone groups is 1. The van der Waals surface area contributed by atoms with Gasteiger partial charge in [-0.3, -0.25) is 4.79 Å². The SMILES string of the molecule is CCCCc1[nH]c(=O)c(S(=O)(=O)c2ccc(-c3ccnc(F)c3C)cc2)c(O)c1N(C)c1ccccc1C. The molecule has 2 N–H and O–H groups in total. The second-order valence-electron chi connectivity index (χ2n) is 9.21. The van der Waals surface area contributed by atoms with E-state index in [0.29, 0.717) is 28.8 Å². The van der Waals surface area contributed by atoms with Crippen LogP contribution in [0, 0.1) is 19.8 Å². The molecule has 198 valence electrons. The van der Waals surface area contributed by atoms with Crippen molar-refractivity contribution in [2.45, 2.75) is 49.8 Å². The van der Waals surface area contributed by atoms with E-state index >= 15 is 0 Å². The van der Waals surface area contributed by atoms with Crippen LogP contribution in [0.1, 0.15) is 36.6 Å². The highest BCUT2D eigenvalue weighted by Gasteiger charge is 2.31. The Balaban J connectivity index is 1.85. The summed E-state index contributed by atoms with van der Waals surface area (Å²) in [6, 6.07) is 14.9. The number of unbranched alkanes of at least 4 members (excludes halogenated alkanes) is 1. The Morgan fingerprint density at radius 1 is 1.05 bits per heavy atom. The molecule has 0 saturated carbocycles. The van der Waals surface area contributed by atoms with Crippen molar-refractivity contribution in [3.05, 3.63) is 93.9 Å². The Kier molecular flexibility index (Phi) is 7.68. The van der Waals surface area contributed by atoms with Gasteiger partial charge in [-0.2, -0.15) is 4.39 Å². The molecule has 2 aromatic carbocycles. The highest BCUT2D eigenvalue weighted by Crippen LogP contribution is 2.40. The fourth-order valence-electron chi connectivity index (χ4n) is 4.57. The Morgan fingerprint density at radius 3 is 2.39 bits per heavy atom. The Bertz CT molecular complexity index is 1650. The fourth-order valence-corrected chi connectivity index (χ4v) is 5.95. The second kappa shape index (κ2) is 10.8. The molecule has 0 atom stereocenters. The highest BCUT2D eigenvalue weighted by atomic mass is 32.2. The minimum Gasteiger partial charge on any atom is -0.504 e. The van der Waals surface area contributed by atoms with Gasteiger partial charge in [0, 0.05) is 30.2 Å². The maximum atomic E-state index is 13.9. The average molecular weight is 536 g/mol. The average Bonchev–Trinajstić information content (AvgIpc) is 2.89. The first kappa shape index (κ1) is 27.1. The maximum Gasteiger partial charge on any atom is 0.271 e. The minimum atomic E-state index is -4.41. The number of hydrogen-bond acceptors (Lipinski definition) is 6. The lowest BCUT2D eigenvalue weighted by Crippen LogP contribution is -2.24. The van der Waals surface area contributed by atoms with Gasteiger partial charge in [-0.25, -0.2) is 13.4 Å². The zero-order valence-electron chi connectivity index (χ0n) is 21.7. The van der Waals surface area contributed by atoms with E-state index in [-0.39, 0.29) is 10.6 Å². The minimum absolute atomic E-state index is 0.167. The summed E-state index contributed by atoms with van der Waals surface area (Å²) in [5, 5.41) is 11.4. The molecule has 0 fully saturated rings. The Morgan fingerprint density at radius 2 is 1.74 bits per heavy atom. The molecule has 4 aromatic rings. The van der Waals surface area contributed by atoms with Crippen molar-refractivity contribution in [1.82, 2.24) is 9.97 Å². The quantitative estimate of drug-likeness (QED) is 0.275. The van der Waals surface area contributed by atoms with Crippen molar-refractivity contribution in [2.24, 2.45) is 0 Å². The third-order valence-electron chi connectivity index (χ3n) is 6.68. The van der Waals surface area contributed by atoms with Crippen molar-refractivity contribution >= 4 is 21.2 Å². The van der Waals surface area contributed by atoms with Gasteiger partial charge >= 0.3 is 0 Å². The van der Waals surface area contributed by atoms with E-state index in [0.717, 1.165) is 24.1 Å². The molecular formula is C29H30FN3O4S. The topological polar surface area (TPSA) is 103 Å². The summed E-state index contributed by atoms with van der Waals surface area (Å²) in [7, 11) is -2.68. The van der Waals surface area contributed by atoms with Crippen LogP contribution in [0.2, 0.25) is 0 Å². The van der Waals surface area contributed by atoms with E-state index in [9.17, 15) is 22.7 Å². The van der Waals surface area contributed by atoms with Crippen LogP contribution in [0.5, 0.6) is 5.75 Å². The van der Waals surface area contributed by atoms with E-state index in [4.69, 9.17) is 0 Å². The summed E-state index contributed by atoms with van der Waals surface area (Å²) in [5.41, 5.74) is 3.01.